The van der Waals surface area contributed by atoms with Crippen molar-refractivity contribution in [2.24, 2.45) is 5.92 Å². The quantitative estimate of drug-likeness (QED) is 0.781. The number of hydrogen-bond acceptors (Lipinski definition) is 4. The van der Waals surface area contributed by atoms with Crippen LogP contribution in [0.25, 0.3) is 0 Å². The van der Waals surface area contributed by atoms with Gasteiger partial charge in [0.2, 0.25) is 0 Å². The van der Waals surface area contributed by atoms with E-state index in [0.29, 0.717) is 24.7 Å². The second kappa shape index (κ2) is 8.96. The van der Waals surface area contributed by atoms with Gasteiger partial charge in [-0.1, -0.05) is 26.0 Å². The van der Waals surface area contributed by atoms with Crippen LogP contribution in [0.1, 0.15) is 36.3 Å². The van der Waals surface area contributed by atoms with Gasteiger partial charge >= 0.3 is 0 Å². The maximum Gasteiger partial charge on any atom is 0.271 e. The third-order valence-corrected chi connectivity index (χ3v) is 3.54. The number of carbonyl (C=O) groups is 1. The fourth-order valence-electron chi connectivity index (χ4n) is 2.10. The van der Waals surface area contributed by atoms with Crippen LogP contribution in [-0.2, 0) is 6.42 Å². The Morgan fingerprint density at radius 2 is 1.83 bits per heavy atom. The normalized spacial score (nSPS) is 10.7. The molecular weight excluding hydrogens is 307 g/mol. The summed E-state index contributed by atoms with van der Waals surface area (Å²) in [5.41, 5.74) is 1.25. The molecule has 0 bridgehead atoms. The summed E-state index contributed by atoms with van der Waals surface area (Å²) in [6, 6.07) is 9.64. The molecule has 0 radical (unpaired) electrons. The highest BCUT2D eigenvalue weighted by molar-refractivity contribution is 5.92. The molecule has 0 fully saturated rings. The van der Waals surface area contributed by atoms with Crippen LogP contribution < -0.4 is 10.6 Å². The van der Waals surface area contributed by atoms with Gasteiger partial charge in [0, 0.05) is 13.1 Å². The molecule has 2 aromatic rings. The van der Waals surface area contributed by atoms with E-state index in [4.69, 9.17) is 0 Å². The molecule has 2 rings (SSSR count). The van der Waals surface area contributed by atoms with Gasteiger partial charge < -0.3 is 10.6 Å². The summed E-state index contributed by atoms with van der Waals surface area (Å²) in [5.74, 6) is 0.758. The van der Waals surface area contributed by atoms with E-state index in [-0.39, 0.29) is 17.4 Å². The number of anilines is 1. The van der Waals surface area contributed by atoms with Crippen molar-refractivity contribution >= 4 is 11.7 Å². The molecule has 0 aliphatic heterocycles. The average molecular weight is 330 g/mol. The van der Waals surface area contributed by atoms with Crippen molar-refractivity contribution in [1.82, 2.24) is 15.5 Å². The molecule has 2 N–H and O–H groups in total. The number of rotatable bonds is 8. The Hall–Kier alpha value is -2.50. The molecule has 1 heterocycles. The van der Waals surface area contributed by atoms with Crippen LogP contribution in [0.2, 0.25) is 0 Å². The van der Waals surface area contributed by atoms with Gasteiger partial charge in [-0.3, -0.25) is 4.79 Å². The Kier molecular flexibility index (Phi) is 6.66. The van der Waals surface area contributed by atoms with Gasteiger partial charge in [-0.2, -0.15) is 0 Å². The second-order valence-corrected chi connectivity index (χ2v) is 6.05. The SMILES string of the molecule is CC(C)CCNc1ccc(C(=O)NCCc2ccc(F)cc2)nn1. The van der Waals surface area contributed by atoms with Crippen molar-refractivity contribution in [3.8, 4) is 0 Å². The molecule has 1 aromatic carbocycles. The van der Waals surface area contributed by atoms with E-state index in [1.807, 2.05) is 0 Å². The molecular formula is C18H23FN4O. The monoisotopic (exact) mass is 330 g/mol. The number of amides is 1. The molecule has 0 atom stereocenters. The van der Waals surface area contributed by atoms with Crippen molar-refractivity contribution in [3.63, 3.8) is 0 Å². The zero-order chi connectivity index (χ0) is 17.4. The fraction of sp³-hybridized carbons (Fsp3) is 0.389. The Bertz CT molecular complexity index is 641. The predicted octanol–water partition coefficient (Wildman–Crippen LogP) is 3.05. The zero-order valence-electron chi connectivity index (χ0n) is 14.1. The number of carbonyl (C=O) groups excluding carboxylic acids is 1. The highest BCUT2D eigenvalue weighted by Crippen LogP contribution is 2.05. The Morgan fingerprint density at radius 1 is 1.08 bits per heavy atom. The first-order valence-electron chi connectivity index (χ1n) is 8.15. The van der Waals surface area contributed by atoms with Crippen LogP contribution in [0.3, 0.4) is 0 Å². The summed E-state index contributed by atoms with van der Waals surface area (Å²) in [6.07, 6.45) is 1.68. The summed E-state index contributed by atoms with van der Waals surface area (Å²) in [7, 11) is 0. The molecule has 0 aliphatic carbocycles. The third kappa shape index (κ3) is 5.95. The maximum absolute atomic E-state index is 12.8. The molecule has 5 nitrogen and oxygen atoms in total. The van der Waals surface area contributed by atoms with Crippen molar-refractivity contribution < 1.29 is 9.18 Å². The number of benzene rings is 1. The van der Waals surface area contributed by atoms with Gasteiger partial charge in [-0.25, -0.2) is 4.39 Å². The number of nitrogens with one attached hydrogen (secondary N) is 2. The van der Waals surface area contributed by atoms with E-state index >= 15 is 0 Å². The van der Waals surface area contributed by atoms with E-state index in [1.165, 1.54) is 12.1 Å². The third-order valence-electron chi connectivity index (χ3n) is 3.54. The summed E-state index contributed by atoms with van der Waals surface area (Å²) in [6.45, 7) is 5.61. The van der Waals surface area contributed by atoms with Gasteiger partial charge in [-0.15, -0.1) is 10.2 Å². The molecule has 24 heavy (non-hydrogen) atoms. The van der Waals surface area contributed by atoms with Crippen LogP contribution >= 0.6 is 0 Å². The maximum atomic E-state index is 12.8. The largest absolute Gasteiger partial charge is 0.369 e. The van der Waals surface area contributed by atoms with Crippen LogP contribution in [0, 0.1) is 11.7 Å². The number of halogens is 1. The van der Waals surface area contributed by atoms with Gasteiger partial charge in [0.15, 0.2) is 5.69 Å². The molecule has 0 saturated heterocycles. The highest BCUT2D eigenvalue weighted by atomic mass is 19.1. The number of nitrogens with zero attached hydrogens (tertiary/aromatic N) is 2. The first-order valence-corrected chi connectivity index (χ1v) is 8.15. The van der Waals surface area contributed by atoms with Gasteiger partial charge in [-0.05, 0) is 48.6 Å². The average Bonchev–Trinajstić information content (AvgIpc) is 2.57. The molecule has 6 heteroatoms. The predicted molar refractivity (Wildman–Crippen MR) is 92.4 cm³/mol. The lowest BCUT2D eigenvalue weighted by atomic mass is 10.1. The zero-order valence-corrected chi connectivity index (χ0v) is 14.1. The van der Waals surface area contributed by atoms with Gasteiger partial charge in [0.1, 0.15) is 11.6 Å². The van der Waals surface area contributed by atoms with E-state index in [0.717, 1.165) is 18.5 Å². The fourth-order valence-corrected chi connectivity index (χ4v) is 2.10. The lowest BCUT2D eigenvalue weighted by Crippen LogP contribution is -2.26. The lowest BCUT2D eigenvalue weighted by Gasteiger charge is -2.08. The van der Waals surface area contributed by atoms with E-state index in [2.05, 4.69) is 34.7 Å². The second-order valence-electron chi connectivity index (χ2n) is 6.05. The molecule has 0 saturated carbocycles. The molecule has 0 unspecified atom stereocenters. The van der Waals surface area contributed by atoms with Crippen LogP contribution in [0.15, 0.2) is 36.4 Å². The lowest BCUT2D eigenvalue weighted by molar-refractivity contribution is 0.0948. The minimum absolute atomic E-state index is 0.264. The van der Waals surface area contributed by atoms with Crippen LogP contribution in [0.4, 0.5) is 10.2 Å². The molecule has 0 spiro atoms. The van der Waals surface area contributed by atoms with E-state index in [9.17, 15) is 9.18 Å². The molecule has 128 valence electrons. The summed E-state index contributed by atoms with van der Waals surface area (Å²) >= 11 is 0. The highest BCUT2D eigenvalue weighted by Gasteiger charge is 2.07. The van der Waals surface area contributed by atoms with E-state index < -0.39 is 0 Å². The van der Waals surface area contributed by atoms with Crippen LogP contribution in [0.5, 0.6) is 0 Å². The Balaban J connectivity index is 1.76. The number of aromatic nitrogens is 2. The summed E-state index contributed by atoms with van der Waals surface area (Å²) in [4.78, 5) is 12.0. The summed E-state index contributed by atoms with van der Waals surface area (Å²) < 4.78 is 12.8. The van der Waals surface area contributed by atoms with Crippen molar-refractivity contribution in [2.45, 2.75) is 26.7 Å². The summed E-state index contributed by atoms with van der Waals surface area (Å²) in [5, 5.41) is 13.9. The minimum atomic E-state index is -0.265. The molecule has 1 amide bonds. The smallest absolute Gasteiger partial charge is 0.271 e. The van der Waals surface area contributed by atoms with Crippen molar-refractivity contribution in [3.05, 3.63) is 53.5 Å². The van der Waals surface area contributed by atoms with Gasteiger partial charge in [0.25, 0.3) is 5.91 Å². The van der Waals surface area contributed by atoms with Crippen molar-refractivity contribution in [2.75, 3.05) is 18.4 Å². The molecule has 1 aromatic heterocycles. The van der Waals surface area contributed by atoms with E-state index in [1.54, 1.807) is 24.3 Å². The minimum Gasteiger partial charge on any atom is -0.369 e. The molecule has 0 aliphatic rings. The van der Waals surface area contributed by atoms with Gasteiger partial charge in [0.05, 0.1) is 0 Å². The first-order chi connectivity index (χ1) is 11.5. The first kappa shape index (κ1) is 17.8. The van der Waals surface area contributed by atoms with Crippen LogP contribution in [-0.4, -0.2) is 29.2 Å². The van der Waals surface area contributed by atoms with Crippen molar-refractivity contribution in [1.29, 1.82) is 0 Å². The Morgan fingerprint density at radius 3 is 2.46 bits per heavy atom. The Labute approximate surface area is 141 Å². The topological polar surface area (TPSA) is 66.9 Å². The number of hydrogen-bond donors (Lipinski definition) is 2. The standard InChI is InChI=1S/C18H23FN4O/c1-13(2)9-11-20-17-8-7-16(22-23-17)18(24)21-12-10-14-3-5-15(19)6-4-14/h3-8,13H,9-12H2,1-2H3,(H,20,23)(H,21,24).